The third-order valence-electron chi connectivity index (χ3n) is 2.88. The van der Waals surface area contributed by atoms with E-state index in [9.17, 15) is 0 Å². The Hall–Kier alpha value is 0.0649. The molecule has 13 heavy (non-hydrogen) atoms. The molecule has 0 saturated carbocycles. The van der Waals surface area contributed by atoms with E-state index in [0.717, 1.165) is 5.92 Å². The van der Waals surface area contributed by atoms with Crippen LogP contribution in [0.5, 0.6) is 0 Å². The normalized spacial score (nSPS) is 13.1. The molecular weight excluding hydrogens is 155 g/mol. The van der Waals surface area contributed by atoms with Gasteiger partial charge in [-0.1, -0.05) is 71.5 Å². The third-order valence-corrected chi connectivity index (χ3v) is 2.88. The summed E-state index contributed by atoms with van der Waals surface area (Å²) in [7, 11) is 2.32. The summed E-state index contributed by atoms with van der Waals surface area (Å²) in [5.41, 5.74) is 0. The fourth-order valence-electron chi connectivity index (χ4n) is 2.02. The summed E-state index contributed by atoms with van der Waals surface area (Å²) in [6.45, 7) is 4.59. The third kappa shape index (κ3) is 8.40. The van der Waals surface area contributed by atoms with Gasteiger partial charge in [0.05, 0.1) is 0 Å². The van der Waals surface area contributed by atoms with Crippen LogP contribution in [0.3, 0.4) is 0 Å². The van der Waals surface area contributed by atoms with Crippen LogP contribution in [0.2, 0.25) is 6.32 Å². The van der Waals surface area contributed by atoms with Crippen LogP contribution in [-0.2, 0) is 0 Å². The highest BCUT2D eigenvalue weighted by atomic mass is 14.1. The van der Waals surface area contributed by atoms with Crippen molar-refractivity contribution in [3.05, 3.63) is 0 Å². The van der Waals surface area contributed by atoms with Crippen LogP contribution >= 0.6 is 0 Å². The lowest BCUT2D eigenvalue weighted by atomic mass is 9.86. The highest BCUT2D eigenvalue weighted by Crippen LogP contribution is 2.21. The van der Waals surface area contributed by atoms with Crippen molar-refractivity contribution in [3.8, 4) is 0 Å². The van der Waals surface area contributed by atoms with Crippen molar-refractivity contribution in [1.82, 2.24) is 0 Å². The van der Waals surface area contributed by atoms with Gasteiger partial charge in [0.2, 0.25) is 0 Å². The molecule has 0 aromatic heterocycles. The molecule has 0 nitrogen and oxygen atoms in total. The summed E-state index contributed by atoms with van der Waals surface area (Å²) in [4.78, 5) is 0. The number of hydrogen-bond acceptors (Lipinski definition) is 0. The predicted octanol–water partition coefficient (Wildman–Crippen LogP) is 3.81. The Bertz CT molecular complexity index is 91.1. The maximum absolute atomic E-state index is 2.32. The molecule has 0 aromatic rings. The Balaban J connectivity index is 3.41. The smallest absolute Gasteiger partial charge is 0.0808 e. The molecule has 0 aliphatic heterocycles. The number of unbranched alkanes of at least 4 members (excludes halogenated alkanes) is 3. The van der Waals surface area contributed by atoms with Gasteiger partial charge in [-0.2, -0.15) is 0 Å². The van der Waals surface area contributed by atoms with Gasteiger partial charge in [-0.05, 0) is 5.92 Å². The fourth-order valence-corrected chi connectivity index (χ4v) is 2.02. The van der Waals surface area contributed by atoms with Gasteiger partial charge in [-0.15, -0.1) is 0 Å². The second kappa shape index (κ2) is 10.1. The Morgan fingerprint density at radius 1 is 0.846 bits per heavy atom. The van der Waals surface area contributed by atoms with E-state index in [0.29, 0.717) is 0 Å². The van der Waals surface area contributed by atoms with Crippen LogP contribution in [0.25, 0.3) is 0 Å². The molecule has 0 amide bonds. The van der Waals surface area contributed by atoms with Gasteiger partial charge in [-0.3, -0.25) is 0 Å². The van der Waals surface area contributed by atoms with Gasteiger partial charge in [0.1, 0.15) is 7.85 Å². The van der Waals surface area contributed by atoms with Crippen LogP contribution in [0.15, 0.2) is 0 Å². The van der Waals surface area contributed by atoms with E-state index in [2.05, 4.69) is 21.7 Å². The SMILES string of the molecule is BCCC(CCCC)CCCCC. The van der Waals surface area contributed by atoms with Crippen molar-refractivity contribution in [2.24, 2.45) is 5.92 Å². The summed E-state index contributed by atoms with van der Waals surface area (Å²) in [6, 6.07) is 0. The summed E-state index contributed by atoms with van der Waals surface area (Å²) in [5.74, 6) is 1.04. The average Bonchev–Trinajstić information content (AvgIpc) is 2.14. The molecule has 0 rings (SSSR count). The van der Waals surface area contributed by atoms with Crippen LogP contribution in [-0.4, -0.2) is 7.85 Å². The van der Waals surface area contributed by atoms with Gasteiger partial charge >= 0.3 is 0 Å². The lowest BCUT2D eigenvalue weighted by molar-refractivity contribution is 0.404. The molecule has 0 bridgehead atoms. The lowest BCUT2D eigenvalue weighted by Crippen LogP contribution is -2.00. The minimum Gasteiger partial charge on any atom is -0.0808 e. The quantitative estimate of drug-likeness (QED) is 0.375. The highest BCUT2D eigenvalue weighted by Gasteiger charge is 2.05. The molecule has 1 heteroatoms. The first-order valence-electron chi connectivity index (χ1n) is 6.35. The van der Waals surface area contributed by atoms with Crippen LogP contribution in [0, 0.1) is 5.92 Å². The van der Waals surface area contributed by atoms with Crippen molar-refractivity contribution in [2.75, 3.05) is 0 Å². The van der Waals surface area contributed by atoms with Crippen molar-refractivity contribution in [2.45, 2.75) is 71.5 Å². The molecule has 0 heterocycles. The van der Waals surface area contributed by atoms with E-state index in [1.165, 1.54) is 57.7 Å². The molecule has 0 N–H and O–H groups in total. The maximum Gasteiger partial charge on any atom is 0.101 e. The second-order valence-corrected chi connectivity index (χ2v) is 4.29. The van der Waals surface area contributed by atoms with Crippen LogP contribution in [0.1, 0.15) is 65.2 Å². The van der Waals surface area contributed by atoms with E-state index in [-0.39, 0.29) is 0 Å². The highest BCUT2D eigenvalue weighted by molar-refractivity contribution is 6.08. The van der Waals surface area contributed by atoms with Crippen molar-refractivity contribution in [1.29, 1.82) is 0 Å². The van der Waals surface area contributed by atoms with E-state index >= 15 is 0 Å². The Labute approximate surface area is 85.9 Å². The zero-order valence-electron chi connectivity index (χ0n) is 9.94. The van der Waals surface area contributed by atoms with E-state index in [4.69, 9.17) is 0 Å². The van der Waals surface area contributed by atoms with Crippen molar-refractivity contribution in [3.63, 3.8) is 0 Å². The zero-order chi connectivity index (χ0) is 9.94. The summed E-state index contributed by atoms with van der Waals surface area (Å²) < 4.78 is 0. The Morgan fingerprint density at radius 2 is 1.46 bits per heavy atom. The topological polar surface area (TPSA) is 0 Å². The average molecular weight is 182 g/mol. The molecule has 0 fully saturated rings. The monoisotopic (exact) mass is 182 g/mol. The molecular formula is C12H27B. The first-order valence-corrected chi connectivity index (χ1v) is 6.35. The molecule has 78 valence electrons. The lowest BCUT2D eigenvalue weighted by Gasteiger charge is -2.15. The zero-order valence-corrected chi connectivity index (χ0v) is 9.94. The minimum atomic E-state index is 1.04. The fraction of sp³-hybridized carbons (Fsp3) is 1.00. The minimum absolute atomic E-state index is 1.04. The number of hydrogen-bond donors (Lipinski definition) is 0. The van der Waals surface area contributed by atoms with E-state index < -0.39 is 0 Å². The summed E-state index contributed by atoms with van der Waals surface area (Å²) in [6.07, 6.45) is 12.9. The molecule has 1 unspecified atom stereocenters. The van der Waals surface area contributed by atoms with Gasteiger partial charge in [0.25, 0.3) is 0 Å². The largest absolute Gasteiger partial charge is 0.101 e. The van der Waals surface area contributed by atoms with Gasteiger partial charge < -0.3 is 0 Å². The molecule has 0 aliphatic carbocycles. The van der Waals surface area contributed by atoms with Crippen molar-refractivity contribution >= 4 is 7.85 Å². The standard InChI is InChI=1S/C12H27B/c1-3-5-7-9-12(10-11-13)8-6-4-2/h12H,3-11,13H2,1-2H3. The molecule has 0 aliphatic rings. The summed E-state index contributed by atoms with van der Waals surface area (Å²) in [5, 5.41) is 0. The Morgan fingerprint density at radius 3 is 2.00 bits per heavy atom. The molecule has 0 spiro atoms. The Kier molecular flexibility index (Phi) is 10.2. The molecule has 0 radical (unpaired) electrons. The van der Waals surface area contributed by atoms with E-state index in [1.54, 1.807) is 0 Å². The number of rotatable bonds is 9. The first-order chi connectivity index (χ1) is 6.35. The predicted molar refractivity (Wildman–Crippen MR) is 65.1 cm³/mol. The first kappa shape index (κ1) is 13.1. The van der Waals surface area contributed by atoms with Gasteiger partial charge in [-0.25, -0.2) is 0 Å². The van der Waals surface area contributed by atoms with Gasteiger partial charge in [0, 0.05) is 0 Å². The van der Waals surface area contributed by atoms with Crippen molar-refractivity contribution < 1.29 is 0 Å². The summed E-state index contributed by atoms with van der Waals surface area (Å²) >= 11 is 0. The van der Waals surface area contributed by atoms with E-state index in [1.807, 2.05) is 0 Å². The van der Waals surface area contributed by atoms with Crippen LogP contribution in [0.4, 0.5) is 0 Å². The second-order valence-electron chi connectivity index (χ2n) is 4.29. The van der Waals surface area contributed by atoms with Crippen LogP contribution < -0.4 is 0 Å². The molecule has 0 saturated heterocycles. The van der Waals surface area contributed by atoms with Gasteiger partial charge in [0.15, 0.2) is 0 Å². The molecule has 0 aromatic carbocycles. The molecule has 1 atom stereocenters. The maximum atomic E-state index is 2.32.